The molecule has 1 atom stereocenters. The number of phenols is 2. The van der Waals surface area contributed by atoms with Gasteiger partial charge in [-0.05, 0) is 37.8 Å². The number of carbonyl (C=O) groups is 3. The van der Waals surface area contributed by atoms with Crippen LogP contribution in [-0.4, -0.2) is 33.9 Å². The molecule has 0 radical (unpaired) electrons. The van der Waals surface area contributed by atoms with Gasteiger partial charge in [-0.2, -0.15) is 0 Å². The van der Waals surface area contributed by atoms with E-state index in [0.717, 1.165) is 6.07 Å². The predicted molar refractivity (Wildman–Crippen MR) is 86.1 cm³/mol. The van der Waals surface area contributed by atoms with Crippen molar-refractivity contribution in [2.45, 2.75) is 58.0 Å². The van der Waals surface area contributed by atoms with Gasteiger partial charge in [0.05, 0.1) is 6.10 Å². The van der Waals surface area contributed by atoms with Gasteiger partial charge in [-0.25, -0.2) is 4.79 Å². The molecule has 0 spiro atoms. The number of benzene rings is 1. The Morgan fingerprint density at radius 3 is 2.42 bits per heavy atom. The summed E-state index contributed by atoms with van der Waals surface area (Å²) in [6.07, 6.45) is 2.09. The van der Waals surface area contributed by atoms with E-state index in [0.29, 0.717) is 32.1 Å². The first-order chi connectivity index (χ1) is 11.4. The van der Waals surface area contributed by atoms with Crippen molar-refractivity contribution in [1.29, 1.82) is 0 Å². The molecule has 2 N–H and O–H groups in total. The molecule has 1 aliphatic heterocycles. The second-order valence-corrected chi connectivity index (χ2v) is 6.21. The van der Waals surface area contributed by atoms with E-state index in [9.17, 15) is 24.6 Å². The van der Waals surface area contributed by atoms with Gasteiger partial charge in [-0.15, -0.1) is 0 Å². The number of rotatable bonds is 0. The summed E-state index contributed by atoms with van der Waals surface area (Å²) < 4.78 is 5.31. The second-order valence-electron chi connectivity index (χ2n) is 6.21. The largest absolute Gasteiger partial charge is 0.508 e. The average Bonchev–Trinajstić information content (AvgIpc) is 2.45. The monoisotopic (exact) mass is 334 g/mol. The van der Waals surface area contributed by atoms with E-state index in [1.165, 1.54) is 6.07 Å². The number of fused-ring (bicyclic) bond motifs is 1. The number of Topliss-reactive ketones (excluding diaryl/α,β-unsaturated/α-hetero) is 2. The van der Waals surface area contributed by atoms with Gasteiger partial charge in [-0.1, -0.05) is 0 Å². The quantitative estimate of drug-likeness (QED) is 0.707. The molecule has 0 aliphatic carbocycles. The van der Waals surface area contributed by atoms with E-state index < -0.39 is 17.8 Å². The highest BCUT2D eigenvalue weighted by Gasteiger charge is 2.23. The summed E-state index contributed by atoms with van der Waals surface area (Å²) in [5, 5.41) is 19.6. The van der Waals surface area contributed by atoms with Crippen LogP contribution in [0.1, 0.15) is 61.4 Å². The number of aromatic hydroxyl groups is 2. The highest BCUT2D eigenvalue weighted by molar-refractivity contribution is 5.96. The number of carbonyl (C=O) groups excluding carboxylic acids is 3. The predicted octanol–water partition coefficient (Wildman–Crippen LogP) is 2.68. The van der Waals surface area contributed by atoms with Crippen LogP contribution in [0.15, 0.2) is 12.1 Å². The van der Waals surface area contributed by atoms with Crippen molar-refractivity contribution in [3.05, 3.63) is 23.3 Å². The lowest BCUT2D eigenvalue weighted by molar-refractivity contribution is -0.120. The molecule has 6 heteroatoms. The molecule has 24 heavy (non-hydrogen) atoms. The molecule has 1 aromatic carbocycles. The van der Waals surface area contributed by atoms with Crippen molar-refractivity contribution in [3.63, 3.8) is 0 Å². The fourth-order valence-corrected chi connectivity index (χ4v) is 2.84. The summed E-state index contributed by atoms with van der Waals surface area (Å²) in [5.74, 6) is -1.42. The standard InChI is InChI=1S/C18H22O6/c1-11-4-2-5-13(19)6-3-7-14(20)8-12-9-15(21)10-16(22)17(12)18(23)24-11/h9-11,21-22H,2-8H2,1H3. The molecule has 6 nitrogen and oxygen atoms in total. The van der Waals surface area contributed by atoms with Crippen LogP contribution in [0.3, 0.4) is 0 Å². The van der Waals surface area contributed by atoms with Crippen LogP contribution in [0.25, 0.3) is 0 Å². The minimum absolute atomic E-state index is 0.0823. The molecule has 2 rings (SSSR count). The molecule has 0 saturated carbocycles. The van der Waals surface area contributed by atoms with Crippen LogP contribution in [-0.2, 0) is 20.7 Å². The van der Waals surface area contributed by atoms with Crippen molar-refractivity contribution in [1.82, 2.24) is 0 Å². The van der Waals surface area contributed by atoms with E-state index in [1.54, 1.807) is 6.92 Å². The van der Waals surface area contributed by atoms with Gasteiger partial charge in [0, 0.05) is 31.7 Å². The van der Waals surface area contributed by atoms with Gasteiger partial charge < -0.3 is 14.9 Å². The molecule has 0 bridgehead atoms. The van der Waals surface area contributed by atoms with Crippen LogP contribution < -0.4 is 0 Å². The third kappa shape index (κ3) is 4.81. The number of ketones is 2. The zero-order valence-corrected chi connectivity index (χ0v) is 13.7. The van der Waals surface area contributed by atoms with Gasteiger partial charge in [-0.3, -0.25) is 9.59 Å². The smallest absolute Gasteiger partial charge is 0.342 e. The number of cyclic esters (lactones) is 1. The van der Waals surface area contributed by atoms with Crippen LogP contribution in [0.4, 0.5) is 0 Å². The van der Waals surface area contributed by atoms with E-state index in [-0.39, 0.29) is 41.3 Å². The second kappa shape index (κ2) is 7.95. The van der Waals surface area contributed by atoms with E-state index in [2.05, 4.69) is 0 Å². The summed E-state index contributed by atoms with van der Waals surface area (Å²) in [4.78, 5) is 36.2. The van der Waals surface area contributed by atoms with Crippen molar-refractivity contribution in [2.24, 2.45) is 0 Å². The number of hydrogen-bond donors (Lipinski definition) is 2. The molecule has 130 valence electrons. The summed E-state index contributed by atoms with van der Waals surface area (Å²) in [6.45, 7) is 1.72. The van der Waals surface area contributed by atoms with Gasteiger partial charge in [0.15, 0.2) is 0 Å². The third-order valence-corrected chi connectivity index (χ3v) is 4.06. The Hall–Kier alpha value is -2.37. The first-order valence-electron chi connectivity index (χ1n) is 8.16. The number of ether oxygens (including phenoxy) is 1. The topological polar surface area (TPSA) is 101 Å². The number of phenolic OH excluding ortho intramolecular Hbond substituents is 2. The van der Waals surface area contributed by atoms with Crippen molar-refractivity contribution < 1.29 is 29.3 Å². The maximum absolute atomic E-state index is 12.3. The molecule has 0 amide bonds. The maximum Gasteiger partial charge on any atom is 0.342 e. The van der Waals surface area contributed by atoms with Gasteiger partial charge in [0.2, 0.25) is 0 Å². The summed E-state index contributed by atoms with van der Waals surface area (Å²) in [7, 11) is 0. The van der Waals surface area contributed by atoms with Crippen molar-refractivity contribution in [2.75, 3.05) is 0 Å². The first kappa shape index (κ1) is 18.0. The summed E-state index contributed by atoms with van der Waals surface area (Å²) in [6, 6.07) is 2.34. The molecule has 1 unspecified atom stereocenters. The lowest BCUT2D eigenvalue weighted by Gasteiger charge is -2.16. The van der Waals surface area contributed by atoms with E-state index in [4.69, 9.17) is 4.74 Å². The summed E-state index contributed by atoms with van der Waals surface area (Å²) >= 11 is 0. The molecule has 0 saturated heterocycles. The SMILES string of the molecule is CC1CCCC(=O)CCCC(=O)Cc2cc(O)cc(O)c2C(=O)O1. The fraction of sp³-hybridized carbons (Fsp3) is 0.500. The molecule has 1 heterocycles. The highest BCUT2D eigenvalue weighted by Crippen LogP contribution is 2.29. The maximum atomic E-state index is 12.3. The highest BCUT2D eigenvalue weighted by atomic mass is 16.5. The Morgan fingerprint density at radius 1 is 1.00 bits per heavy atom. The Kier molecular flexibility index (Phi) is 5.95. The van der Waals surface area contributed by atoms with Crippen molar-refractivity contribution in [3.8, 4) is 11.5 Å². The van der Waals surface area contributed by atoms with Crippen LogP contribution in [0.5, 0.6) is 11.5 Å². The first-order valence-corrected chi connectivity index (χ1v) is 8.16. The van der Waals surface area contributed by atoms with E-state index >= 15 is 0 Å². The van der Waals surface area contributed by atoms with E-state index in [1.807, 2.05) is 0 Å². The molecular formula is C18H22O6. The van der Waals surface area contributed by atoms with Gasteiger partial charge in [0.1, 0.15) is 28.6 Å². The lowest BCUT2D eigenvalue weighted by Crippen LogP contribution is -2.18. The average molecular weight is 334 g/mol. The number of esters is 1. The van der Waals surface area contributed by atoms with Gasteiger partial charge >= 0.3 is 5.97 Å². The van der Waals surface area contributed by atoms with Crippen LogP contribution >= 0.6 is 0 Å². The fourth-order valence-electron chi connectivity index (χ4n) is 2.84. The molecule has 1 aromatic rings. The van der Waals surface area contributed by atoms with Gasteiger partial charge in [0.25, 0.3) is 0 Å². The minimum Gasteiger partial charge on any atom is -0.508 e. The lowest BCUT2D eigenvalue weighted by atomic mass is 9.97. The van der Waals surface area contributed by atoms with Crippen LogP contribution in [0, 0.1) is 0 Å². The zero-order chi connectivity index (χ0) is 17.7. The molecular weight excluding hydrogens is 312 g/mol. The van der Waals surface area contributed by atoms with Crippen molar-refractivity contribution >= 4 is 17.5 Å². The number of hydrogen-bond acceptors (Lipinski definition) is 6. The molecule has 1 aliphatic rings. The molecule has 0 aromatic heterocycles. The third-order valence-electron chi connectivity index (χ3n) is 4.06. The normalized spacial score (nSPS) is 20.9. The Morgan fingerprint density at radius 2 is 1.67 bits per heavy atom. The zero-order valence-electron chi connectivity index (χ0n) is 13.7. The summed E-state index contributed by atoms with van der Waals surface area (Å²) in [5.41, 5.74) is 0.152. The molecule has 0 fully saturated rings. The van der Waals surface area contributed by atoms with Crippen LogP contribution in [0.2, 0.25) is 0 Å². The Labute approximate surface area is 140 Å². The minimum atomic E-state index is -0.730. The Balaban J connectivity index is 2.31. The Bertz CT molecular complexity index is 649.